The molecule has 1 aromatic carbocycles. The summed E-state index contributed by atoms with van der Waals surface area (Å²) in [5, 5.41) is 18.0. The predicted molar refractivity (Wildman–Crippen MR) is 46.8 cm³/mol. The number of hydrogen-bond acceptors (Lipinski definition) is 3. The number of hydrogen-bond donors (Lipinski definition) is 3. The molecule has 0 aliphatic rings. The fourth-order valence-corrected chi connectivity index (χ4v) is 1.03. The lowest BCUT2D eigenvalue weighted by Crippen LogP contribution is -2.21. The van der Waals surface area contributed by atoms with Crippen molar-refractivity contribution in [3.63, 3.8) is 0 Å². The molecule has 0 radical (unpaired) electrons. The topological polar surface area (TPSA) is 66.5 Å². The van der Waals surface area contributed by atoms with E-state index in [9.17, 15) is 4.39 Å². The number of nitrogens with two attached hydrogens (primary N) is 1. The minimum atomic E-state index is -0.679. The Morgan fingerprint density at radius 1 is 1.46 bits per heavy atom. The molecule has 0 heterocycles. The SMILES string of the molecule is NCC(O)Cc1ccc(O)c(F)c1. The zero-order valence-corrected chi connectivity index (χ0v) is 7.07. The highest BCUT2D eigenvalue weighted by molar-refractivity contribution is 5.28. The van der Waals surface area contributed by atoms with Gasteiger partial charge in [0.15, 0.2) is 11.6 Å². The van der Waals surface area contributed by atoms with Gasteiger partial charge in [-0.05, 0) is 24.1 Å². The molecule has 1 atom stereocenters. The zero-order chi connectivity index (χ0) is 9.84. The lowest BCUT2D eigenvalue weighted by molar-refractivity contribution is 0.183. The Hall–Kier alpha value is -1.13. The Bertz CT molecular complexity index is 291. The van der Waals surface area contributed by atoms with Crippen molar-refractivity contribution in [2.75, 3.05) is 6.54 Å². The maximum atomic E-state index is 12.8. The van der Waals surface area contributed by atoms with Crippen molar-refractivity contribution in [1.29, 1.82) is 0 Å². The average molecular weight is 185 g/mol. The minimum absolute atomic E-state index is 0.141. The van der Waals surface area contributed by atoms with Crippen LogP contribution in [0, 0.1) is 5.82 Å². The number of aromatic hydroxyl groups is 1. The Morgan fingerprint density at radius 2 is 2.15 bits per heavy atom. The smallest absolute Gasteiger partial charge is 0.165 e. The Labute approximate surface area is 75.6 Å². The van der Waals surface area contributed by atoms with Crippen LogP contribution in [0.3, 0.4) is 0 Å². The lowest BCUT2D eigenvalue weighted by atomic mass is 10.1. The van der Waals surface area contributed by atoms with Crippen molar-refractivity contribution in [3.8, 4) is 5.75 Å². The van der Waals surface area contributed by atoms with Gasteiger partial charge < -0.3 is 15.9 Å². The van der Waals surface area contributed by atoms with E-state index in [-0.39, 0.29) is 12.3 Å². The van der Waals surface area contributed by atoms with E-state index in [1.807, 2.05) is 0 Å². The molecule has 0 fully saturated rings. The summed E-state index contributed by atoms with van der Waals surface area (Å²) in [4.78, 5) is 0. The third kappa shape index (κ3) is 2.68. The molecule has 1 aromatic rings. The van der Waals surface area contributed by atoms with Crippen molar-refractivity contribution in [1.82, 2.24) is 0 Å². The van der Waals surface area contributed by atoms with E-state index >= 15 is 0 Å². The molecule has 0 aromatic heterocycles. The number of rotatable bonds is 3. The molecule has 0 saturated carbocycles. The molecule has 4 N–H and O–H groups in total. The molecule has 0 amide bonds. The molecule has 3 nitrogen and oxygen atoms in total. The maximum absolute atomic E-state index is 12.8. The van der Waals surface area contributed by atoms with E-state index in [1.54, 1.807) is 6.07 Å². The largest absolute Gasteiger partial charge is 0.505 e. The van der Waals surface area contributed by atoms with Crippen LogP contribution in [0.4, 0.5) is 4.39 Å². The molecule has 72 valence electrons. The number of phenols is 1. The van der Waals surface area contributed by atoms with Crippen LogP contribution < -0.4 is 5.73 Å². The van der Waals surface area contributed by atoms with Crippen LogP contribution in [0.15, 0.2) is 18.2 Å². The van der Waals surface area contributed by atoms with Gasteiger partial charge in [0.2, 0.25) is 0 Å². The van der Waals surface area contributed by atoms with Gasteiger partial charge in [-0.2, -0.15) is 0 Å². The van der Waals surface area contributed by atoms with E-state index in [1.165, 1.54) is 12.1 Å². The van der Waals surface area contributed by atoms with E-state index in [2.05, 4.69) is 0 Å². The van der Waals surface area contributed by atoms with Crippen molar-refractivity contribution in [2.45, 2.75) is 12.5 Å². The molecular weight excluding hydrogens is 173 g/mol. The minimum Gasteiger partial charge on any atom is -0.505 e. The maximum Gasteiger partial charge on any atom is 0.165 e. The van der Waals surface area contributed by atoms with Crippen LogP contribution in [0.25, 0.3) is 0 Å². The number of benzene rings is 1. The molecule has 0 aliphatic heterocycles. The van der Waals surface area contributed by atoms with E-state index < -0.39 is 11.9 Å². The van der Waals surface area contributed by atoms with Crippen LogP contribution in [0.2, 0.25) is 0 Å². The number of phenolic OH excluding ortho intramolecular Hbond substituents is 1. The normalized spacial score (nSPS) is 12.8. The van der Waals surface area contributed by atoms with Gasteiger partial charge in [0, 0.05) is 6.54 Å². The van der Waals surface area contributed by atoms with Gasteiger partial charge in [-0.1, -0.05) is 6.07 Å². The van der Waals surface area contributed by atoms with Gasteiger partial charge in [0.1, 0.15) is 0 Å². The fourth-order valence-electron chi connectivity index (χ4n) is 1.03. The summed E-state index contributed by atoms with van der Waals surface area (Å²) < 4.78 is 12.8. The van der Waals surface area contributed by atoms with E-state index in [0.29, 0.717) is 12.0 Å². The van der Waals surface area contributed by atoms with Crippen LogP contribution in [-0.2, 0) is 6.42 Å². The lowest BCUT2D eigenvalue weighted by Gasteiger charge is -2.07. The number of halogens is 1. The van der Waals surface area contributed by atoms with Crippen molar-refractivity contribution in [3.05, 3.63) is 29.6 Å². The summed E-state index contributed by atoms with van der Waals surface area (Å²) in [5.41, 5.74) is 5.81. The summed E-state index contributed by atoms with van der Waals surface area (Å²) in [6.45, 7) is 0.141. The summed E-state index contributed by atoms with van der Waals surface area (Å²) >= 11 is 0. The first-order chi connectivity index (χ1) is 6.13. The highest BCUT2D eigenvalue weighted by Gasteiger charge is 2.05. The second kappa shape index (κ2) is 4.20. The molecule has 1 unspecified atom stereocenters. The monoisotopic (exact) mass is 185 g/mol. The standard InChI is InChI=1S/C9H12FNO2/c10-8-4-6(1-2-9(8)13)3-7(12)5-11/h1-2,4,7,12-13H,3,5,11H2. The number of aliphatic hydroxyl groups is 1. The first kappa shape index (κ1) is 9.95. The third-order valence-corrected chi connectivity index (χ3v) is 1.76. The van der Waals surface area contributed by atoms with Gasteiger partial charge in [-0.15, -0.1) is 0 Å². The molecule has 0 spiro atoms. The van der Waals surface area contributed by atoms with Gasteiger partial charge in [0.05, 0.1) is 6.10 Å². The van der Waals surface area contributed by atoms with Gasteiger partial charge in [-0.25, -0.2) is 4.39 Å². The van der Waals surface area contributed by atoms with Crippen LogP contribution in [-0.4, -0.2) is 22.9 Å². The van der Waals surface area contributed by atoms with Crippen LogP contribution in [0.5, 0.6) is 5.75 Å². The Balaban J connectivity index is 2.73. The third-order valence-electron chi connectivity index (χ3n) is 1.76. The second-order valence-corrected chi connectivity index (χ2v) is 2.88. The number of aliphatic hydroxyl groups excluding tert-OH is 1. The van der Waals surface area contributed by atoms with E-state index in [4.69, 9.17) is 15.9 Å². The first-order valence-electron chi connectivity index (χ1n) is 3.99. The molecule has 4 heteroatoms. The summed E-state index contributed by atoms with van der Waals surface area (Å²) in [6, 6.07) is 4.00. The quantitative estimate of drug-likeness (QED) is 0.638. The highest BCUT2D eigenvalue weighted by atomic mass is 19.1. The molecule has 0 bridgehead atoms. The van der Waals surface area contributed by atoms with Gasteiger partial charge >= 0.3 is 0 Å². The first-order valence-corrected chi connectivity index (χ1v) is 3.99. The van der Waals surface area contributed by atoms with Gasteiger partial charge in [0.25, 0.3) is 0 Å². The zero-order valence-electron chi connectivity index (χ0n) is 7.07. The molecule has 0 aliphatic carbocycles. The molecule has 1 rings (SSSR count). The molecule has 0 saturated heterocycles. The Morgan fingerprint density at radius 3 is 2.69 bits per heavy atom. The fraction of sp³-hybridized carbons (Fsp3) is 0.333. The predicted octanol–water partition coefficient (Wildman–Crippen LogP) is 0.393. The second-order valence-electron chi connectivity index (χ2n) is 2.88. The van der Waals surface area contributed by atoms with Crippen molar-refractivity contribution >= 4 is 0 Å². The van der Waals surface area contributed by atoms with Gasteiger partial charge in [-0.3, -0.25) is 0 Å². The van der Waals surface area contributed by atoms with Crippen molar-refractivity contribution in [2.24, 2.45) is 5.73 Å². The summed E-state index contributed by atoms with van der Waals surface area (Å²) in [5.74, 6) is -1.06. The van der Waals surface area contributed by atoms with Crippen LogP contribution >= 0.6 is 0 Å². The highest BCUT2D eigenvalue weighted by Crippen LogP contribution is 2.16. The van der Waals surface area contributed by atoms with Crippen molar-refractivity contribution < 1.29 is 14.6 Å². The Kier molecular flexibility index (Phi) is 3.22. The van der Waals surface area contributed by atoms with E-state index in [0.717, 1.165) is 0 Å². The molecule has 13 heavy (non-hydrogen) atoms. The van der Waals surface area contributed by atoms with Crippen LogP contribution in [0.1, 0.15) is 5.56 Å². The summed E-state index contributed by atoms with van der Waals surface area (Å²) in [6.07, 6.45) is -0.364. The average Bonchev–Trinajstić information content (AvgIpc) is 2.11. The molecular formula is C9H12FNO2. The summed E-state index contributed by atoms with van der Waals surface area (Å²) in [7, 11) is 0.